The summed E-state index contributed by atoms with van der Waals surface area (Å²) < 4.78 is 47.4. The number of nitrogens with one attached hydrogen (secondary N) is 2. The first kappa shape index (κ1) is 26.0. The summed E-state index contributed by atoms with van der Waals surface area (Å²) in [7, 11) is -2.18. The lowest BCUT2D eigenvalue weighted by molar-refractivity contribution is 0.0953. The van der Waals surface area contributed by atoms with E-state index in [1.165, 1.54) is 35.0 Å². The normalized spacial score (nSPS) is 11.5. The van der Waals surface area contributed by atoms with Gasteiger partial charge >= 0.3 is 0 Å². The molecule has 10 nitrogen and oxygen atoms in total. The standard InChI is InChI=1S/C27H25FN6O4S/c1-34-12-10-22(32-34)17-39(36,37)26-9-6-20(27(35)29-11-2-3-18-15-30-31-16-18)13-23(26)25-14-24(33-38-25)19-4-7-21(28)8-5-19/h4-10,12-16H,2-3,11,17H2,1H3,(H,29,35)(H,30,31). The Morgan fingerprint density at radius 1 is 1.13 bits per heavy atom. The number of rotatable bonds is 10. The first-order valence-corrected chi connectivity index (χ1v) is 13.8. The number of halogens is 1. The molecule has 0 aliphatic rings. The van der Waals surface area contributed by atoms with Gasteiger partial charge in [0.1, 0.15) is 11.5 Å². The molecule has 3 aromatic heterocycles. The van der Waals surface area contributed by atoms with Gasteiger partial charge < -0.3 is 9.84 Å². The van der Waals surface area contributed by atoms with Gasteiger partial charge in [0.2, 0.25) is 0 Å². The predicted octanol–water partition coefficient (Wildman–Crippen LogP) is 3.94. The quantitative estimate of drug-likeness (QED) is 0.252. The number of aromatic amines is 1. The van der Waals surface area contributed by atoms with Gasteiger partial charge in [-0.25, -0.2) is 12.8 Å². The van der Waals surface area contributed by atoms with Crippen molar-refractivity contribution < 1.29 is 22.1 Å². The van der Waals surface area contributed by atoms with Crippen LogP contribution in [0.5, 0.6) is 0 Å². The van der Waals surface area contributed by atoms with Crippen LogP contribution in [-0.2, 0) is 29.1 Å². The second-order valence-electron chi connectivity index (χ2n) is 9.00. The first-order chi connectivity index (χ1) is 18.8. The number of nitrogens with zero attached hydrogens (tertiary/aromatic N) is 4. The van der Waals surface area contributed by atoms with E-state index in [1.54, 1.807) is 49.9 Å². The average Bonchev–Trinajstić information content (AvgIpc) is 3.69. The van der Waals surface area contributed by atoms with Crippen LogP contribution in [0, 0.1) is 5.82 Å². The van der Waals surface area contributed by atoms with Crippen molar-refractivity contribution >= 4 is 15.7 Å². The zero-order valence-corrected chi connectivity index (χ0v) is 21.8. The SMILES string of the molecule is Cn1ccc(CS(=O)(=O)c2ccc(C(=O)NCCCc3cn[nH]c3)cc2-c2cc(-c3ccc(F)cc3)no2)n1. The number of amides is 1. The maximum absolute atomic E-state index is 13.5. The molecule has 0 fully saturated rings. The minimum atomic E-state index is -3.88. The highest BCUT2D eigenvalue weighted by molar-refractivity contribution is 7.90. The number of hydrogen-bond donors (Lipinski definition) is 2. The van der Waals surface area contributed by atoms with Crippen molar-refractivity contribution in [1.82, 2.24) is 30.5 Å². The first-order valence-electron chi connectivity index (χ1n) is 12.1. The van der Waals surface area contributed by atoms with Crippen molar-refractivity contribution in [1.29, 1.82) is 0 Å². The van der Waals surface area contributed by atoms with Gasteiger partial charge in [0.15, 0.2) is 15.6 Å². The van der Waals surface area contributed by atoms with E-state index < -0.39 is 15.7 Å². The number of H-pyrrole nitrogens is 1. The highest BCUT2D eigenvalue weighted by Gasteiger charge is 2.25. The highest BCUT2D eigenvalue weighted by Crippen LogP contribution is 2.33. The second-order valence-corrected chi connectivity index (χ2v) is 11.0. The molecule has 0 bridgehead atoms. The lowest BCUT2D eigenvalue weighted by Crippen LogP contribution is -2.25. The van der Waals surface area contributed by atoms with Crippen LogP contribution in [0.2, 0.25) is 0 Å². The maximum atomic E-state index is 13.5. The van der Waals surface area contributed by atoms with Crippen molar-refractivity contribution in [2.24, 2.45) is 7.05 Å². The number of benzene rings is 2. The molecule has 0 unspecified atom stereocenters. The largest absolute Gasteiger partial charge is 0.356 e. The van der Waals surface area contributed by atoms with E-state index in [9.17, 15) is 17.6 Å². The fraction of sp³-hybridized carbons (Fsp3) is 0.185. The van der Waals surface area contributed by atoms with Gasteiger partial charge in [0.25, 0.3) is 5.91 Å². The summed E-state index contributed by atoms with van der Waals surface area (Å²) in [5.74, 6) is -0.924. The Morgan fingerprint density at radius 3 is 2.67 bits per heavy atom. The van der Waals surface area contributed by atoms with Crippen LogP contribution in [0.1, 0.15) is 28.0 Å². The summed E-state index contributed by atoms with van der Waals surface area (Å²) in [5.41, 5.74) is 2.87. The third kappa shape index (κ3) is 6.12. The fourth-order valence-corrected chi connectivity index (χ4v) is 5.59. The van der Waals surface area contributed by atoms with Crippen molar-refractivity contribution in [2.75, 3.05) is 6.54 Å². The fourth-order valence-electron chi connectivity index (χ4n) is 4.12. The predicted molar refractivity (Wildman–Crippen MR) is 141 cm³/mol. The molecule has 2 N–H and O–H groups in total. The van der Waals surface area contributed by atoms with E-state index in [0.29, 0.717) is 29.9 Å². The number of carbonyl (C=O) groups is 1. The van der Waals surface area contributed by atoms with Gasteiger partial charge in [0.05, 0.1) is 22.5 Å². The lowest BCUT2D eigenvalue weighted by atomic mass is 10.1. The molecule has 0 atom stereocenters. The number of sulfone groups is 1. The molecule has 5 aromatic rings. The van der Waals surface area contributed by atoms with Gasteiger partial charge in [-0.15, -0.1) is 0 Å². The molecule has 0 aliphatic heterocycles. The van der Waals surface area contributed by atoms with Gasteiger partial charge in [0, 0.05) is 48.7 Å². The molecule has 5 rings (SSSR count). The van der Waals surface area contributed by atoms with Crippen LogP contribution in [0.3, 0.4) is 0 Å². The minimum Gasteiger partial charge on any atom is -0.356 e. The molecular weight excluding hydrogens is 523 g/mol. The Balaban J connectivity index is 1.44. The van der Waals surface area contributed by atoms with E-state index in [4.69, 9.17) is 4.52 Å². The Kier molecular flexibility index (Phi) is 7.37. The summed E-state index contributed by atoms with van der Waals surface area (Å²) in [5, 5.41) is 17.8. The van der Waals surface area contributed by atoms with Crippen molar-refractivity contribution in [3.63, 3.8) is 0 Å². The van der Waals surface area contributed by atoms with Crippen LogP contribution < -0.4 is 5.32 Å². The minimum absolute atomic E-state index is 0.0218. The number of hydrogen-bond acceptors (Lipinski definition) is 7. The van der Waals surface area contributed by atoms with Crippen LogP contribution >= 0.6 is 0 Å². The molecule has 39 heavy (non-hydrogen) atoms. The number of aryl methyl sites for hydroxylation is 2. The van der Waals surface area contributed by atoms with Crippen LogP contribution in [0.15, 0.2) is 82.6 Å². The molecule has 200 valence electrons. The van der Waals surface area contributed by atoms with Crippen molar-refractivity contribution in [3.8, 4) is 22.6 Å². The Labute approximate surface area is 223 Å². The number of aromatic nitrogens is 5. The van der Waals surface area contributed by atoms with Crippen molar-refractivity contribution in [2.45, 2.75) is 23.5 Å². The Morgan fingerprint density at radius 2 is 1.95 bits per heavy atom. The molecule has 1 amide bonds. The monoisotopic (exact) mass is 548 g/mol. The molecule has 0 radical (unpaired) electrons. The van der Waals surface area contributed by atoms with Crippen LogP contribution in [0.4, 0.5) is 4.39 Å². The molecule has 12 heteroatoms. The molecule has 3 heterocycles. The third-order valence-corrected chi connectivity index (χ3v) is 7.78. The molecule has 0 spiro atoms. The third-order valence-electron chi connectivity index (χ3n) is 6.08. The summed E-state index contributed by atoms with van der Waals surface area (Å²) in [6.45, 7) is 0.427. The number of carbonyl (C=O) groups excluding carboxylic acids is 1. The summed E-state index contributed by atoms with van der Waals surface area (Å²) in [6, 6.07) is 13.2. The Hall–Kier alpha value is -4.58. The van der Waals surface area contributed by atoms with E-state index in [0.717, 1.165) is 12.0 Å². The van der Waals surface area contributed by atoms with E-state index in [2.05, 4.69) is 25.8 Å². The summed E-state index contributed by atoms with van der Waals surface area (Å²) in [6.07, 6.45) is 6.65. The summed E-state index contributed by atoms with van der Waals surface area (Å²) >= 11 is 0. The highest BCUT2D eigenvalue weighted by atomic mass is 32.2. The molecule has 0 saturated heterocycles. The average molecular weight is 549 g/mol. The zero-order valence-electron chi connectivity index (χ0n) is 21.0. The Bertz CT molecular complexity index is 1690. The van der Waals surface area contributed by atoms with Gasteiger partial charge in [-0.3, -0.25) is 14.6 Å². The molecule has 0 saturated carbocycles. The topological polar surface area (TPSA) is 136 Å². The maximum Gasteiger partial charge on any atom is 0.251 e. The van der Waals surface area contributed by atoms with E-state index >= 15 is 0 Å². The van der Waals surface area contributed by atoms with Gasteiger partial charge in [-0.05, 0) is 66.9 Å². The zero-order chi connectivity index (χ0) is 27.4. The smallest absolute Gasteiger partial charge is 0.251 e. The molecule has 2 aromatic carbocycles. The molecular formula is C27H25FN6O4S. The van der Waals surface area contributed by atoms with Gasteiger partial charge in [-0.2, -0.15) is 10.2 Å². The van der Waals surface area contributed by atoms with E-state index in [-0.39, 0.29) is 33.4 Å². The van der Waals surface area contributed by atoms with E-state index in [1.807, 2.05) is 0 Å². The van der Waals surface area contributed by atoms with Crippen LogP contribution in [-0.4, -0.2) is 46.0 Å². The summed E-state index contributed by atoms with van der Waals surface area (Å²) in [4.78, 5) is 12.9. The van der Waals surface area contributed by atoms with Gasteiger partial charge in [-0.1, -0.05) is 5.16 Å². The molecule has 0 aliphatic carbocycles. The van der Waals surface area contributed by atoms with Crippen LogP contribution in [0.25, 0.3) is 22.6 Å². The van der Waals surface area contributed by atoms with Crippen molar-refractivity contribution in [3.05, 3.63) is 95.8 Å². The lowest BCUT2D eigenvalue weighted by Gasteiger charge is -2.11. The second kappa shape index (κ2) is 11.0.